The summed E-state index contributed by atoms with van der Waals surface area (Å²) < 4.78 is 0. The Balaban J connectivity index is 2.06. The second kappa shape index (κ2) is 5.15. The van der Waals surface area contributed by atoms with E-state index in [2.05, 4.69) is 30.0 Å². The second-order valence-electron chi connectivity index (χ2n) is 4.35. The summed E-state index contributed by atoms with van der Waals surface area (Å²) in [6, 6.07) is 6.76. The number of benzene rings is 1. The smallest absolute Gasteiger partial charge is 0.120 e. The molecule has 16 heavy (non-hydrogen) atoms. The summed E-state index contributed by atoms with van der Waals surface area (Å²) in [4.78, 5) is 12.7. The molecule has 2 rings (SSSR count). The maximum atomic E-state index is 10.3. The lowest BCUT2D eigenvalue weighted by Gasteiger charge is -2.16. The highest BCUT2D eigenvalue weighted by Crippen LogP contribution is 2.28. The van der Waals surface area contributed by atoms with Crippen LogP contribution in [0.1, 0.15) is 30.9 Å². The van der Waals surface area contributed by atoms with Crippen LogP contribution in [0.4, 0.5) is 5.69 Å². The van der Waals surface area contributed by atoms with E-state index in [9.17, 15) is 4.79 Å². The van der Waals surface area contributed by atoms with Gasteiger partial charge in [0.15, 0.2) is 0 Å². The van der Waals surface area contributed by atoms with E-state index in [1.165, 1.54) is 23.2 Å². The van der Waals surface area contributed by atoms with Crippen molar-refractivity contribution >= 4 is 12.0 Å². The molecule has 1 aliphatic rings. The monoisotopic (exact) mass is 217 g/mol. The SMILES string of the molecule is CCN1CCc2cc(CCCC=O)ccc21. The lowest BCUT2D eigenvalue weighted by Crippen LogP contribution is -2.18. The molecular formula is C14H19NO. The zero-order valence-corrected chi connectivity index (χ0v) is 9.91. The Morgan fingerprint density at radius 3 is 3.06 bits per heavy atom. The molecule has 0 saturated carbocycles. The number of hydrogen-bond acceptors (Lipinski definition) is 2. The minimum atomic E-state index is 0.679. The van der Waals surface area contributed by atoms with Gasteiger partial charge >= 0.3 is 0 Å². The van der Waals surface area contributed by atoms with Crippen LogP contribution in [0.5, 0.6) is 0 Å². The molecule has 0 bridgehead atoms. The molecule has 1 heterocycles. The fourth-order valence-corrected chi connectivity index (χ4v) is 2.40. The average molecular weight is 217 g/mol. The van der Waals surface area contributed by atoms with Crippen molar-refractivity contribution in [1.82, 2.24) is 0 Å². The van der Waals surface area contributed by atoms with Crippen LogP contribution in [-0.4, -0.2) is 19.4 Å². The van der Waals surface area contributed by atoms with E-state index < -0.39 is 0 Å². The zero-order chi connectivity index (χ0) is 11.4. The average Bonchev–Trinajstić information content (AvgIpc) is 2.71. The Labute approximate surface area is 97.3 Å². The van der Waals surface area contributed by atoms with Crippen LogP contribution in [-0.2, 0) is 17.6 Å². The van der Waals surface area contributed by atoms with Gasteiger partial charge in [-0.2, -0.15) is 0 Å². The summed E-state index contributed by atoms with van der Waals surface area (Å²) in [5.74, 6) is 0. The van der Waals surface area contributed by atoms with Crippen LogP contribution in [0, 0.1) is 0 Å². The van der Waals surface area contributed by atoms with Gasteiger partial charge in [0.25, 0.3) is 0 Å². The molecule has 1 aromatic carbocycles. The van der Waals surface area contributed by atoms with Gasteiger partial charge < -0.3 is 9.69 Å². The van der Waals surface area contributed by atoms with Gasteiger partial charge in [0.2, 0.25) is 0 Å². The van der Waals surface area contributed by atoms with E-state index in [1.54, 1.807) is 0 Å². The molecule has 0 radical (unpaired) electrons. The minimum absolute atomic E-state index is 0.679. The van der Waals surface area contributed by atoms with Gasteiger partial charge in [-0.15, -0.1) is 0 Å². The Morgan fingerprint density at radius 1 is 1.44 bits per heavy atom. The van der Waals surface area contributed by atoms with E-state index in [0.29, 0.717) is 6.42 Å². The first-order valence-electron chi connectivity index (χ1n) is 6.15. The van der Waals surface area contributed by atoms with E-state index in [4.69, 9.17) is 0 Å². The maximum absolute atomic E-state index is 10.3. The first kappa shape index (κ1) is 11.2. The summed E-state index contributed by atoms with van der Waals surface area (Å²) in [5, 5.41) is 0. The molecule has 1 aromatic rings. The van der Waals surface area contributed by atoms with Gasteiger partial charge in [-0.1, -0.05) is 12.1 Å². The van der Waals surface area contributed by atoms with Gasteiger partial charge in [-0.3, -0.25) is 0 Å². The lowest BCUT2D eigenvalue weighted by molar-refractivity contribution is -0.107. The molecule has 86 valence electrons. The third-order valence-electron chi connectivity index (χ3n) is 3.30. The quantitative estimate of drug-likeness (QED) is 0.558. The van der Waals surface area contributed by atoms with Crippen molar-refractivity contribution in [2.75, 3.05) is 18.0 Å². The van der Waals surface area contributed by atoms with Gasteiger partial charge in [-0.05, 0) is 43.4 Å². The molecule has 1 aliphatic heterocycles. The van der Waals surface area contributed by atoms with Crippen LogP contribution in [0.15, 0.2) is 18.2 Å². The second-order valence-corrected chi connectivity index (χ2v) is 4.35. The third-order valence-corrected chi connectivity index (χ3v) is 3.30. The number of aryl methyl sites for hydroxylation is 1. The summed E-state index contributed by atoms with van der Waals surface area (Å²) in [7, 11) is 0. The number of hydrogen-bond donors (Lipinski definition) is 0. The Bertz CT molecular complexity index is 373. The van der Waals surface area contributed by atoms with Crippen LogP contribution in [0.2, 0.25) is 0 Å². The van der Waals surface area contributed by atoms with E-state index in [-0.39, 0.29) is 0 Å². The maximum Gasteiger partial charge on any atom is 0.120 e. The lowest BCUT2D eigenvalue weighted by atomic mass is 10.0. The molecule has 0 spiro atoms. The number of anilines is 1. The third kappa shape index (κ3) is 2.26. The van der Waals surface area contributed by atoms with Crippen molar-refractivity contribution in [2.45, 2.75) is 32.6 Å². The van der Waals surface area contributed by atoms with Gasteiger partial charge in [0.05, 0.1) is 0 Å². The molecule has 0 atom stereocenters. The predicted molar refractivity (Wildman–Crippen MR) is 67.0 cm³/mol. The first-order valence-corrected chi connectivity index (χ1v) is 6.15. The van der Waals surface area contributed by atoms with Crippen molar-refractivity contribution < 1.29 is 4.79 Å². The molecule has 0 saturated heterocycles. The van der Waals surface area contributed by atoms with Crippen molar-refractivity contribution in [3.63, 3.8) is 0 Å². The zero-order valence-electron chi connectivity index (χ0n) is 9.91. The van der Waals surface area contributed by atoms with Crippen LogP contribution < -0.4 is 4.90 Å². The highest BCUT2D eigenvalue weighted by molar-refractivity contribution is 5.59. The number of nitrogens with zero attached hydrogens (tertiary/aromatic N) is 1. The van der Waals surface area contributed by atoms with Crippen molar-refractivity contribution in [2.24, 2.45) is 0 Å². The fourth-order valence-electron chi connectivity index (χ4n) is 2.40. The van der Waals surface area contributed by atoms with E-state index in [0.717, 1.165) is 32.2 Å². The topological polar surface area (TPSA) is 20.3 Å². The number of aldehydes is 1. The summed E-state index contributed by atoms with van der Waals surface area (Å²) >= 11 is 0. The van der Waals surface area contributed by atoms with Crippen LogP contribution in [0.3, 0.4) is 0 Å². The molecule has 0 aliphatic carbocycles. The molecule has 2 heteroatoms. The largest absolute Gasteiger partial charge is 0.371 e. The van der Waals surface area contributed by atoms with Crippen LogP contribution in [0.25, 0.3) is 0 Å². The normalized spacial score (nSPS) is 13.9. The number of fused-ring (bicyclic) bond motifs is 1. The predicted octanol–water partition coefficient (Wildman–Crippen LogP) is 2.59. The highest BCUT2D eigenvalue weighted by atomic mass is 16.1. The highest BCUT2D eigenvalue weighted by Gasteiger charge is 2.17. The summed E-state index contributed by atoms with van der Waals surface area (Å²) in [6.45, 7) is 4.45. The van der Waals surface area contributed by atoms with Gasteiger partial charge in [-0.25, -0.2) is 0 Å². The molecule has 0 unspecified atom stereocenters. The Hall–Kier alpha value is -1.31. The standard InChI is InChI=1S/C14H19NO/c1-2-15-9-8-13-11-12(5-3-4-10-16)6-7-14(13)15/h6-7,10-11H,2-5,8-9H2,1H3. The molecule has 0 fully saturated rings. The molecule has 0 N–H and O–H groups in total. The number of carbonyl (C=O) groups is 1. The number of carbonyl (C=O) groups excluding carboxylic acids is 1. The van der Waals surface area contributed by atoms with Crippen molar-refractivity contribution in [3.8, 4) is 0 Å². The summed E-state index contributed by atoms with van der Waals surface area (Å²) in [5.41, 5.74) is 4.26. The summed E-state index contributed by atoms with van der Waals surface area (Å²) in [6.07, 6.45) is 4.85. The molecule has 0 amide bonds. The number of unbranched alkanes of at least 4 members (excludes halogenated alkanes) is 1. The van der Waals surface area contributed by atoms with Gasteiger partial charge in [0.1, 0.15) is 6.29 Å². The Kier molecular flexibility index (Phi) is 3.60. The van der Waals surface area contributed by atoms with E-state index >= 15 is 0 Å². The number of likely N-dealkylation sites (N-methyl/N-ethyl adjacent to an activating group) is 1. The molecular weight excluding hydrogens is 198 g/mol. The number of rotatable bonds is 5. The molecule has 0 aromatic heterocycles. The van der Waals surface area contributed by atoms with E-state index in [1.807, 2.05) is 0 Å². The van der Waals surface area contributed by atoms with Gasteiger partial charge in [0, 0.05) is 25.2 Å². The minimum Gasteiger partial charge on any atom is -0.371 e. The first-order chi connectivity index (χ1) is 7.85. The van der Waals surface area contributed by atoms with Crippen molar-refractivity contribution in [1.29, 1.82) is 0 Å². The molecule has 2 nitrogen and oxygen atoms in total. The van der Waals surface area contributed by atoms with Crippen LogP contribution >= 0.6 is 0 Å². The van der Waals surface area contributed by atoms with Crippen molar-refractivity contribution in [3.05, 3.63) is 29.3 Å². The fraction of sp³-hybridized carbons (Fsp3) is 0.500. The Morgan fingerprint density at radius 2 is 2.31 bits per heavy atom.